The Morgan fingerprint density at radius 1 is 0.862 bits per heavy atom. The normalized spacial score (nSPS) is 20.5. The third-order valence-electron chi connectivity index (χ3n) is 5.19. The standard InChI is InChI=1S/C23H21NO5/c25-21(14-24-22(26)19-8-4-5-9-20(19)23(24)27)29-18-12-10-17(11-13-18)28-15-16-6-2-1-3-7-16/h1-7,10-13,19-20H,8-9,14-15H2. The van der Waals surface area contributed by atoms with Crippen LogP contribution >= 0.6 is 0 Å². The summed E-state index contributed by atoms with van der Waals surface area (Å²) in [5, 5.41) is 0. The molecule has 2 aliphatic rings. The Labute approximate surface area is 168 Å². The molecule has 6 heteroatoms. The van der Waals surface area contributed by atoms with Crippen LogP contribution < -0.4 is 9.47 Å². The molecule has 2 unspecified atom stereocenters. The van der Waals surface area contributed by atoms with Crippen LogP contribution in [0.1, 0.15) is 18.4 Å². The molecule has 0 bridgehead atoms. The fourth-order valence-electron chi connectivity index (χ4n) is 3.66. The second-order valence-electron chi connectivity index (χ2n) is 7.14. The van der Waals surface area contributed by atoms with Crippen molar-refractivity contribution in [2.75, 3.05) is 6.54 Å². The highest BCUT2D eigenvalue weighted by molar-refractivity contribution is 6.07. The lowest BCUT2D eigenvalue weighted by Gasteiger charge is -2.14. The first kappa shape index (κ1) is 18.9. The number of allylic oxidation sites excluding steroid dienone is 2. The van der Waals surface area contributed by atoms with Crippen molar-refractivity contribution in [1.29, 1.82) is 0 Å². The number of likely N-dealkylation sites (tertiary alicyclic amines) is 1. The fourth-order valence-corrected chi connectivity index (χ4v) is 3.66. The molecule has 148 valence electrons. The van der Waals surface area contributed by atoms with Gasteiger partial charge in [-0.1, -0.05) is 42.5 Å². The van der Waals surface area contributed by atoms with Crippen LogP contribution in [0.2, 0.25) is 0 Å². The van der Waals surface area contributed by atoms with Crippen LogP contribution in [0.4, 0.5) is 0 Å². The van der Waals surface area contributed by atoms with Crippen LogP contribution in [0.3, 0.4) is 0 Å². The SMILES string of the molecule is O=C(CN1C(=O)C2CC=CCC2C1=O)Oc1ccc(OCc2ccccc2)cc1. The van der Waals surface area contributed by atoms with Gasteiger partial charge >= 0.3 is 5.97 Å². The first-order valence-electron chi connectivity index (χ1n) is 9.59. The number of benzene rings is 2. The summed E-state index contributed by atoms with van der Waals surface area (Å²) in [6.07, 6.45) is 4.92. The van der Waals surface area contributed by atoms with Crippen LogP contribution in [-0.2, 0) is 21.0 Å². The number of fused-ring (bicyclic) bond motifs is 1. The van der Waals surface area contributed by atoms with Gasteiger partial charge in [0.2, 0.25) is 11.8 Å². The number of rotatable bonds is 6. The number of carbonyl (C=O) groups excluding carboxylic acids is 3. The van der Waals surface area contributed by atoms with Gasteiger partial charge in [-0.25, -0.2) is 4.79 Å². The van der Waals surface area contributed by atoms with E-state index in [2.05, 4.69) is 0 Å². The molecule has 0 N–H and O–H groups in total. The van der Waals surface area contributed by atoms with Gasteiger partial charge in [-0.15, -0.1) is 0 Å². The van der Waals surface area contributed by atoms with Gasteiger partial charge in [0, 0.05) is 0 Å². The van der Waals surface area contributed by atoms with E-state index >= 15 is 0 Å². The van der Waals surface area contributed by atoms with E-state index in [1.807, 2.05) is 42.5 Å². The third-order valence-corrected chi connectivity index (χ3v) is 5.19. The molecule has 4 rings (SSSR count). The molecule has 1 heterocycles. The molecular weight excluding hydrogens is 370 g/mol. The highest BCUT2D eigenvalue weighted by Crippen LogP contribution is 2.34. The highest BCUT2D eigenvalue weighted by atomic mass is 16.5. The van der Waals surface area contributed by atoms with Crippen molar-refractivity contribution in [3.8, 4) is 11.5 Å². The van der Waals surface area contributed by atoms with Gasteiger partial charge < -0.3 is 9.47 Å². The van der Waals surface area contributed by atoms with E-state index in [-0.39, 0.29) is 30.2 Å². The minimum Gasteiger partial charge on any atom is -0.489 e. The summed E-state index contributed by atoms with van der Waals surface area (Å²) in [7, 11) is 0. The number of amides is 2. The summed E-state index contributed by atoms with van der Waals surface area (Å²) in [5.41, 5.74) is 1.05. The summed E-state index contributed by atoms with van der Waals surface area (Å²) in [6, 6.07) is 16.4. The van der Waals surface area contributed by atoms with E-state index in [0.29, 0.717) is 30.9 Å². The maximum absolute atomic E-state index is 12.4. The Kier molecular flexibility index (Phi) is 5.42. The molecule has 2 atom stereocenters. The topological polar surface area (TPSA) is 72.9 Å². The van der Waals surface area contributed by atoms with Crippen molar-refractivity contribution in [3.63, 3.8) is 0 Å². The molecule has 1 aliphatic carbocycles. The number of hydrogen-bond donors (Lipinski definition) is 0. The summed E-state index contributed by atoms with van der Waals surface area (Å²) < 4.78 is 11.0. The summed E-state index contributed by atoms with van der Waals surface area (Å²) in [6.45, 7) is 0.0767. The average Bonchev–Trinajstić information content (AvgIpc) is 2.99. The molecule has 1 aliphatic heterocycles. The Morgan fingerprint density at radius 3 is 2.07 bits per heavy atom. The Bertz CT molecular complexity index is 910. The molecule has 0 saturated carbocycles. The number of hydrogen-bond acceptors (Lipinski definition) is 5. The zero-order chi connectivity index (χ0) is 20.2. The van der Waals surface area contributed by atoms with E-state index in [1.54, 1.807) is 24.3 Å². The highest BCUT2D eigenvalue weighted by Gasteiger charge is 2.47. The molecule has 0 aromatic heterocycles. The van der Waals surface area contributed by atoms with E-state index in [1.165, 1.54) is 0 Å². The second kappa shape index (κ2) is 8.31. The van der Waals surface area contributed by atoms with E-state index < -0.39 is 5.97 Å². The van der Waals surface area contributed by atoms with Crippen LogP contribution in [0.15, 0.2) is 66.7 Å². The number of ether oxygens (including phenoxy) is 2. The number of carbonyl (C=O) groups is 3. The van der Waals surface area contributed by atoms with Gasteiger partial charge in [-0.05, 0) is 42.7 Å². The summed E-state index contributed by atoms with van der Waals surface area (Å²) in [5.74, 6) is -0.925. The van der Waals surface area contributed by atoms with Crippen molar-refractivity contribution in [3.05, 3.63) is 72.3 Å². The Balaban J connectivity index is 1.31. The van der Waals surface area contributed by atoms with Crippen LogP contribution in [0, 0.1) is 11.8 Å². The van der Waals surface area contributed by atoms with Crippen LogP contribution in [0.25, 0.3) is 0 Å². The molecule has 2 aromatic carbocycles. The number of imide groups is 1. The van der Waals surface area contributed by atoms with Crippen molar-refractivity contribution in [1.82, 2.24) is 4.90 Å². The molecule has 29 heavy (non-hydrogen) atoms. The minimum atomic E-state index is -0.642. The maximum atomic E-state index is 12.4. The quantitative estimate of drug-likeness (QED) is 0.327. The largest absolute Gasteiger partial charge is 0.489 e. The Morgan fingerprint density at radius 2 is 1.45 bits per heavy atom. The van der Waals surface area contributed by atoms with Crippen molar-refractivity contribution >= 4 is 17.8 Å². The lowest BCUT2D eigenvalue weighted by atomic mass is 9.85. The van der Waals surface area contributed by atoms with Gasteiger partial charge in [-0.2, -0.15) is 0 Å². The predicted molar refractivity (Wildman–Crippen MR) is 105 cm³/mol. The van der Waals surface area contributed by atoms with E-state index in [0.717, 1.165) is 10.5 Å². The van der Waals surface area contributed by atoms with Gasteiger partial charge in [0.05, 0.1) is 11.8 Å². The van der Waals surface area contributed by atoms with Crippen molar-refractivity contribution in [2.24, 2.45) is 11.8 Å². The summed E-state index contributed by atoms with van der Waals surface area (Å²) in [4.78, 5) is 38.1. The van der Waals surface area contributed by atoms with Gasteiger partial charge in [0.15, 0.2) is 0 Å². The average molecular weight is 391 g/mol. The Hall–Kier alpha value is -3.41. The van der Waals surface area contributed by atoms with Crippen LogP contribution in [-0.4, -0.2) is 29.2 Å². The second-order valence-corrected chi connectivity index (χ2v) is 7.14. The van der Waals surface area contributed by atoms with Gasteiger partial charge in [-0.3, -0.25) is 14.5 Å². The minimum absolute atomic E-state index is 0.286. The van der Waals surface area contributed by atoms with E-state index in [4.69, 9.17) is 9.47 Å². The smallest absolute Gasteiger partial charge is 0.331 e. The molecule has 0 radical (unpaired) electrons. The summed E-state index contributed by atoms with van der Waals surface area (Å²) >= 11 is 0. The zero-order valence-electron chi connectivity index (χ0n) is 15.8. The molecule has 2 aromatic rings. The van der Waals surface area contributed by atoms with Gasteiger partial charge in [0.25, 0.3) is 0 Å². The molecule has 1 saturated heterocycles. The molecule has 2 amide bonds. The lowest BCUT2D eigenvalue weighted by Crippen LogP contribution is -2.37. The first-order chi connectivity index (χ1) is 14.1. The first-order valence-corrected chi connectivity index (χ1v) is 9.59. The molecule has 6 nitrogen and oxygen atoms in total. The van der Waals surface area contributed by atoms with Crippen molar-refractivity contribution in [2.45, 2.75) is 19.4 Å². The predicted octanol–water partition coefficient (Wildman–Crippen LogP) is 3.12. The molecular formula is C23H21NO5. The maximum Gasteiger partial charge on any atom is 0.331 e. The van der Waals surface area contributed by atoms with E-state index in [9.17, 15) is 14.4 Å². The number of nitrogens with zero attached hydrogens (tertiary/aromatic N) is 1. The monoisotopic (exact) mass is 391 g/mol. The number of esters is 1. The van der Waals surface area contributed by atoms with Gasteiger partial charge in [0.1, 0.15) is 24.7 Å². The lowest BCUT2D eigenvalue weighted by molar-refractivity contribution is -0.148. The molecule has 1 fully saturated rings. The van der Waals surface area contributed by atoms with Crippen molar-refractivity contribution < 1.29 is 23.9 Å². The van der Waals surface area contributed by atoms with Crippen LogP contribution in [0.5, 0.6) is 11.5 Å². The molecule has 0 spiro atoms. The third kappa shape index (κ3) is 4.21. The fraction of sp³-hybridized carbons (Fsp3) is 0.261. The zero-order valence-corrected chi connectivity index (χ0v) is 15.8.